The molecule has 8 heteroatoms. The van der Waals surface area contributed by atoms with Crippen LogP contribution in [-0.2, 0) is 10.2 Å². The maximum absolute atomic E-state index is 11.5. The number of nitrogens with two attached hydrogens (primary N) is 1. The SMILES string of the molecule is CN1CC[C@@H](Oc2cccc3c2C(N)=NS(=O)(=O)N3)C1. The lowest BCUT2D eigenvalue weighted by molar-refractivity contribution is 0.208. The Kier molecular flexibility index (Phi) is 3.06. The number of hydrogen-bond acceptors (Lipinski definition) is 5. The highest BCUT2D eigenvalue weighted by atomic mass is 32.2. The summed E-state index contributed by atoms with van der Waals surface area (Å²) in [5.74, 6) is 0.521. The van der Waals surface area contributed by atoms with Crippen LogP contribution >= 0.6 is 0 Å². The van der Waals surface area contributed by atoms with Gasteiger partial charge in [-0.2, -0.15) is 8.42 Å². The summed E-state index contributed by atoms with van der Waals surface area (Å²) < 4.78 is 34.8. The van der Waals surface area contributed by atoms with Gasteiger partial charge in [0.1, 0.15) is 11.9 Å². The first kappa shape index (κ1) is 13.2. The van der Waals surface area contributed by atoms with E-state index in [0.717, 1.165) is 19.5 Å². The molecule has 1 aromatic rings. The van der Waals surface area contributed by atoms with Crippen molar-refractivity contribution in [2.75, 3.05) is 24.9 Å². The van der Waals surface area contributed by atoms with Gasteiger partial charge in [0.2, 0.25) is 0 Å². The van der Waals surface area contributed by atoms with Crippen molar-refractivity contribution in [2.45, 2.75) is 12.5 Å². The first-order valence-corrected chi connectivity index (χ1v) is 7.75. The third kappa shape index (κ3) is 2.44. The smallest absolute Gasteiger partial charge is 0.344 e. The minimum Gasteiger partial charge on any atom is -0.488 e. The molecule has 3 N–H and O–H groups in total. The van der Waals surface area contributed by atoms with Crippen molar-refractivity contribution in [1.82, 2.24) is 4.90 Å². The van der Waals surface area contributed by atoms with Crippen molar-refractivity contribution in [3.8, 4) is 5.75 Å². The molecule has 3 rings (SSSR count). The highest BCUT2D eigenvalue weighted by Gasteiger charge is 2.27. The predicted octanol–water partition coefficient (Wildman–Crippen LogP) is 0.145. The molecule has 0 bridgehead atoms. The zero-order valence-corrected chi connectivity index (χ0v) is 11.9. The molecule has 0 spiro atoms. The second-order valence-electron chi connectivity index (χ2n) is 5.02. The van der Waals surface area contributed by atoms with Crippen LogP contribution in [0.3, 0.4) is 0 Å². The van der Waals surface area contributed by atoms with Gasteiger partial charge in [0.25, 0.3) is 0 Å². The maximum Gasteiger partial charge on any atom is 0.344 e. The number of benzene rings is 1. The summed E-state index contributed by atoms with van der Waals surface area (Å²) in [6.07, 6.45) is 1.01. The van der Waals surface area contributed by atoms with Crippen LogP contribution in [0, 0.1) is 0 Å². The van der Waals surface area contributed by atoms with Gasteiger partial charge in [-0.25, -0.2) is 0 Å². The van der Waals surface area contributed by atoms with Gasteiger partial charge in [-0.15, -0.1) is 4.40 Å². The molecule has 0 amide bonds. The van der Waals surface area contributed by atoms with Gasteiger partial charge in [-0.05, 0) is 25.6 Å². The van der Waals surface area contributed by atoms with Gasteiger partial charge in [-0.3, -0.25) is 4.72 Å². The monoisotopic (exact) mass is 296 g/mol. The molecule has 7 nitrogen and oxygen atoms in total. The first-order chi connectivity index (χ1) is 9.44. The van der Waals surface area contributed by atoms with Crippen molar-refractivity contribution in [3.05, 3.63) is 23.8 Å². The number of likely N-dealkylation sites (tertiary alicyclic amines) is 1. The molecule has 0 radical (unpaired) electrons. The number of ether oxygens (including phenoxy) is 1. The summed E-state index contributed by atoms with van der Waals surface area (Å²) >= 11 is 0. The van der Waals surface area contributed by atoms with E-state index in [1.807, 2.05) is 7.05 Å². The molecule has 108 valence electrons. The molecule has 1 aromatic carbocycles. The number of nitrogens with zero attached hydrogens (tertiary/aromatic N) is 2. The number of fused-ring (bicyclic) bond motifs is 1. The molecule has 1 saturated heterocycles. The number of nitrogens with one attached hydrogen (secondary N) is 1. The Morgan fingerprint density at radius 2 is 2.30 bits per heavy atom. The summed E-state index contributed by atoms with van der Waals surface area (Å²) in [5.41, 5.74) is 6.68. The van der Waals surface area contributed by atoms with Crippen LogP contribution in [0.25, 0.3) is 0 Å². The molecule has 2 heterocycles. The third-order valence-corrected chi connectivity index (χ3v) is 4.30. The van der Waals surface area contributed by atoms with E-state index in [1.165, 1.54) is 0 Å². The maximum atomic E-state index is 11.5. The fraction of sp³-hybridized carbons (Fsp3) is 0.417. The standard InChI is InChI=1S/C12H16N4O3S/c1-16-6-5-8(7-16)19-10-4-2-3-9-11(10)12(13)15-20(17,18)14-9/h2-4,8,14H,5-7H2,1H3,(H2,13,15)/t8-/m1/s1. The zero-order valence-electron chi connectivity index (χ0n) is 11.0. The van der Waals surface area contributed by atoms with Crippen LogP contribution in [0.5, 0.6) is 5.75 Å². The summed E-state index contributed by atoms with van der Waals surface area (Å²) in [7, 11) is -1.71. The van der Waals surface area contributed by atoms with E-state index in [0.29, 0.717) is 17.0 Å². The highest BCUT2D eigenvalue weighted by molar-refractivity contribution is 7.91. The van der Waals surface area contributed by atoms with E-state index in [1.54, 1.807) is 18.2 Å². The van der Waals surface area contributed by atoms with Gasteiger partial charge in [0.15, 0.2) is 5.84 Å². The van der Waals surface area contributed by atoms with Gasteiger partial charge in [0, 0.05) is 13.1 Å². The lowest BCUT2D eigenvalue weighted by Gasteiger charge is -2.21. The van der Waals surface area contributed by atoms with E-state index in [2.05, 4.69) is 14.0 Å². The number of amidine groups is 1. The second kappa shape index (κ2) is 4.64. The minimum absolute atomic E-state index is 0.0410. The van der Waals surface area contributed by atoms with Crippen molar-refractivity contribution in [1.29, 1.82) is 0 Å². The lowest BCUT2D eigenvalue weighted by Crippen LogP contribution is -2.28. The van der Waals surface area contributed by atoms with Crippen molar-refractivity contribution < 1.29 is 13.2 Å². The molecule has 0 aliphatic carbocycles. The topological polar surface area (TPSA) is 97.0 Å². The van der Waals surface area contributed by atoms with Crippen LogP contribution in [0.1, 0.15) is 12.0 Å². The van der Waals surface area contributed by atoms with Crippen molar-refractivity contribution in [3.63, 3.8) is 0 Å². The molecule has 1 fully saturated rings. The first-order valence-electron chi connectivity index (χ1n) is 6.31. The van der Waals surface area contributed by atoms with Crippen LogP contribution in [0.15, 0.2) is 22.6 Å². The van der Waals surface area contributed by atoms with Gasteiger partial charge < -0.3 is 15.4 Å². The quantitative estimate of drug-likeness (QED) is 0.809. The van der Waals surface area contributed by atoms with E-state index in [4.69, 9.17) is 10.5 Å². The van der Waals surface area contributed by atoms with Crippen molar-refractivity contribution in [2.24, 2.45) is 10.1 Å². The van der Waals surface area contributed by atoms with Crippen LogP contribution in [-0.4, -0.2) is 45.4 Å². The van der Waals surface area contributed by atoms with E-state index in [-0.39, 0.29) is 11.9 Å². The summed E-state index contributed by atoms with van der Waals surface area (Å²) in [4.78, 5) is 2.18. The van der Waals surface area contributed by atoms with Gasteiger partial charge >= 0.3 is 10.2 Å². The van der Waals surface area contributed by atoms with Gasteiger partial charge in [0.05, 0.1) is 11.3 Å². The van der Waals surface area contributed by atoms with Crippen LogP contribution < -0.4 is 15.2 Å². The molecular weight excluding hydrogens is 280 g/mol. The van der Waals surface area contributed by atoms with E-state index < -0.39 is 10.2 Å². The van der Waals surface area contributed by atoms with Crippen molar-refractivity contribution >= 4 is 21.7 Å². The summed E-state index contributed by atoms with van der Waals surface area (Å²) in [6.45, 7) is 1.82. The molecule has 0 saturated carbocycles. The summed E-state index contributed by atoms with van der Waals surface area (Å²) in [6, 6.07) is 5.15. The Balaban J connectivity index is 1.94. The van der Waals surface area contributed by atoms with Crippen LogP contribution in [0.4, 0.5) is 5.69 Å². The van der Waals surface area contributed by atoms with Crippen LogP contribution in [0.2, 0.25) is 0 Å². The molecule has 2 aliphatic rings. The van der Waals surface area contributed by atoms with E-state index in [9.17, 15) is 8.42 Å². The zero-order chi connectivity index (χ0) is 14.3. The molecule has 0 aromatic heterocycles. The molecule has 20 heavy (non-hydrogen) atoms. The Hall–Kier alpha value is -1.80. The lowest BCUT2D eigenvalue weighted by atomic mass is 10.1. The Morgan fingerprint density at radius 3 is 3.00 bits per heavy atom. The second-order valence-corrected chi connectivity index (χ2v) is 6.36. The number of anilines is 1. The Labute approximate surface area is 117 Å². The fourth-order valence-electron chi connectivity index (χ4n) is 2.49. The number of likely N-dealkylation sites (N-methyl/N-ethyl adjacent to an activating group) is 1. The highest BCUT2D eigenvalue weighted by Crippen LogP contribution is 2.31. The fourth-order valence-corrected chi connectivity index (χ4v) is 3.33. The Bertz CT molecular complexity index is 671. The average Bonchev–Trinajstić information content (AvgIpc) is 2.72. The molecule has 2 aliphatic heterocycles. The number of rotatable bonds is 2. The predicted molar refractivity (Wildman–Crippen MR) is 76.2 cm³/mol. The normalized spacial score (nSPS) is 24.6. The molecule has 0 unspecified atom stereocenters. The largest absolute Gasteiger partial charge is 0.488 e. The number of hydrogen-bond donors (Lipinski definition) is 2. The third-order valence-electron chi connectivity index (χ3n) is 3.38. The Morgan fingerprint density at radius 1 is 1.50 bits per heavy atom. The van der Waals surface area contributed by atoms with Gasteiger partial charge in [-0.1, -0.05) is 6.07 Å². The summed E-state index contributed by atoms with van der Waals surface area (Å²) in [5, 5.41) is 0. The average molecular weight is 296 g/mol. The van der Waals surface area contributed by atoms with E-state index >= 15 is 0 Å². The molecular formula is C12H16N4O3S. The molecule has 1 atom stereocenters. The minimum atomic E-state index is -3.75.